The fourth-order valence-corrected chi connectivity index (χ4v) is 2.73. The van der Waals surface area contributed by atoms with Crippen LogP contribution in [0.5, 0.6) is 0 Å². The maximum absolute atomic E-state index is 5.64. The van der Waals surface area contributed by atoms with E-state index in [1.807, 2.05) is 26.6 Å². The Morgan fingerprint density at radius 2 is 2.29 bits per heavy atom. The van der Waals surface area contributed by atoms with Crippen LogP contribution < -0.4 is 5.32 Å². The minimum absolute atomic E-state index is 0.319. The number of nitrogens with zero attached hydrogens (tertiary/aromatic N) is 1. The number of pyridine rings is 1. The van der Waals surface area contributed by atoms with Crippen molar-refractivity contribution in [2.24, 2.45) is 5.92 Å². The van der Waals surface area contributed by atoms with Gasteiger partial charge in [-0.1, -0.05) is 0 Å². The number of halogens is 1. The summed E-state index contributed by atoms with van der Waals surface area (Å²) in [6, 6.07) is 2.49. The zero-order valence-electron chi connectivity index (χ0n) is 10.3. The number of methoxy groups -OCH3 is 1. The molecule has 3 nitrogen and oxygen atoms in total. The Labute approximate surface area is 111 Å². The fourth-order valence-electron chi connectivity index (χ4n) is 2.31. The van der Waals surface area contributed by atoms with Crippen LogP contribution in [0, 0.1) is 5.92 Å². The number of rotatable bonds is 6. The van der Waals surface area contributed by atoms with Crippen LogP contribution in [-0.2, 0) is 11.2 Å². The molecule has 0 amide bonds. The van der Waals surface area contributed by atoms with Crippen LogP contribution in [0.1, 0.15) is 18.4 Å². The fraction of sp³-hybridized carbons (Fsp3) is 0.615. The maximum Gasteiger partial charge on any atom is 0.0755 e. The first-order valence-corrected chi connectivity index (χ1v) is 6.83. The molecule has 1 heterocycles. The van der Waals surface area contributed by atoms with Gasteiger partial charge in [0.25, 0.3) is 0 Å². The number of hydrogen-bond acceptors (Lipinski definition) is 3. The van der Waals surface area contributed by atoms with Crippen molar-refractivity contribution in [1.29, 1.82) is 0 Å². The lowest BCUT2D eigenvalue weighted by Gasteiger charge is -2.25. The smallest absolute Gasteiger partial charge is 0.0755 e. The molecular weight excluding hydrogens is 280 g/mol. The average molecular weight is 299 g/mol. The van der Waals surface area contributed by atoms with E-state index in [1.165, 1.54) is 18.4 Å². The molecule has 0 aliphatic heterocycles. The minimum Gasteiger partial charge on any atom is -0.380 e. The Morgan fingerprint density at radius 1 is 1.53 bits per heavy atom. The van der Waals surface area contributed by atoms with Crippen LogP contribution in [0.2, 0.25) is 0 Å². The van der Waals surface area contributed by atoms with Gasteiger partial charge >= 0.3 is 0 Å². The van der Waals surface area contributed by atoms with Crippen LogP contribution in [0.15, 0.2) is 22.9 Å². The second-order valence-electron chi connectivity index (χ2n) is 4.65. The monoisotopic (exact) mass is 298 g/mol. The molecule has 1 N–H and O–H groups in total. The van der Waals surface area contributed by atoms with Crippen molar-refractivity contribution < 1.29 is 4.74 Å². The quantitative estimate of drug-likeness (QED) is 0.876. The van der Waals surface area contributed by atoms with Crippen LogP contribution in [0.3, 0.4) is 0 Å². The normalized spacial score (nSPS) is 19.0. The zero-order valence-corrected chi connectivity index (χ0v) is 11.9. The molecule has 2 unspecified atom stereocenters. The van der Waals surface area contributed by atoms with Gasteiger partial charge in [-0.15, -0.1) is 0 Å². The number of ether oxygens (including phenoxy) is 1. The molecular formula is C13H19BrN2O. The van der Waals surface area contributed by atoms with Crippen molar-refractivity contribution in [1.82, 2.24) is 10.3 Å². The van der Waals surface area contributed by atoms with E-state index in [0.717, 1.165) is 16.8 Å². The summed E-state index contributed by atoms with van der Waals surface area (Å²) in [5.41, 5.74) is 1.24. The van der Waals surface area contributed by atoms with Gasteiger partial charge in [0.1, 0.15) is 0 Å². The molecule has 0 aromatic carbocycles. The molecule has 1 aliphatic rings. The largest absolute Gasteiger partial charge is 0.380 e. The summed E-state index contributed by atoms with van der Waals surface area (Å²) in [7, 11) is 3.82. The van der Waals surface area contributed by atoms with Gasteiger partial charge < -0.3 is 10.1 Å². The van der Waals surface area contributed by atoms with Crippen molar-refractivity contribution >= 4 is 15.9 Å². The summed E-state index contributed by atoms with van der Waals surface area (Å²) in [5.74, 6) is 0.734. The third-order valence-electron chi connectivity index (χ3n) is 3.34. The molecule has 2 rings (SSSR count). The third kappa shape index (κ3) is 3.50. The molecule has 17 heavy (non-hydrogen) atoms. The highest BCUT2D eigenvalue weighted by atomic mass is 79.9. The molecule has 1 aliphatic carbocycles. The van der Waals surface area contributed by atoms with Gasteiger partial charge in [-0.25, -0.2) is 0 Å². The van der Waals surface area contributed by atoms with Crippen LogP contribution in [0.25, 0.3) is 0 Å². The molecule has 94 valence electrons. The lowest BCUT2D eigenvalue weighted by molar-refractivity contribution is 0.0534. The predicted octanol–water partition coefficient (Wildman–Crippen LogP) is 2.40. The second kappa shape index (κ2) is 5.94. The van der Waals surface area contributed by atoms with Gasteiger partial charge in [0, 0.05) is 30.0 Å². The molecule has 1 fully saturated rings. The van der Waals surface area contributed by atoms with E-state index < -0.39 is 0 Å². The second-order valence-corrected chi connectivity index (χ2v) is 5.56. The Morgan fingerprint density at radius 3 is 2.82 bits per heavy atom. The molecule has 0 spiro atoms. The predicted molar refractivity (Wildman–Crippen MR) is 72.0 cm³/mol. The van der Waals surface area contributed by atoms with E-state index in [9.17, 15) is 0 Å². The number of aromatic nitrogens is 1. The Balaban J connectivity index is 2.03. The molecule has 0 saturated heterocycles. The van der Waals surface area contributed by atoms with Gasteiger partial charge in [-0.3, -0.25) is 4.98 Å². The number of likely N-dealkylation sites (N-methyl/N-ethyl adjacent to an activating group) is 1. The standard InChI is InChI=1S/C13H19BrN2O/c1-15-12(13(17-2)10-3-4-10)6-9-5-11(14)8-16-7-9/h5,7-8,10,12-13,15H,3-4,6H2,1-2H3. The van der Waals surface area contributed by atoms with Gasteiger partial charge in [-0.2, -0.15) is 0 Å². The van der Waals surface area contributed by atoms with E-state index in [4.69, 9.17) is 4.74 Å². The molecule has 0 bridgehead atoms. The summed E-state index contributed by atoms with van der Waals surface area (Å²) in [5, 5.41) is 3.37. The Kier molecular flexibility index (Phi) is 4.54. The van der Waals surface area contributed by atoms with Gasteiger partial charge in [0.2, 0.25) is 0 Å². The van der Waals surface area contributed by atoms with Crippen molar-refractivity contribution in [3.8, 4) is 0 Å². The Hall–Kier alpha value is -0.450. The van der Waals surface area contributed by atoms with E-state index in [0.29, 0.717) is 12.1 Å². The lowest BCUT2D eigenvalue weighted by Crippen LogP contribution is -2.42. The first-order valence-electron chi connectivity index (χ1n) is 6.04. The molecule has 1 aromatic rings. The van der Waals surface area contributed by atoms with E-state index in [1.54, 1.807) is 0 Å². The first kappa shape index (κ1) is 13.0. The Bertz CT molecular complexity index is 368. The van der Waals surface area contributed by atoms with Crippen molar-refractivity contribution in [2.75, 3.05) is 14.2 Å². The van der Waals surface area contributed by atoms with Gasteiger partial charge in [0.15, 0.2) is 0 Å². The minimum atomic E-state index is 0.319. The molecule has 1 saturated carbocycles. The summed E-state index contributed by atoms with van der Waals surface area (Å²) in [6.07, 6.45) is 7.61. The van der Waals surface area contributed by atoms with Crippen molar-refractivity contribution in [2.45, 2.75) is 31.4 Å². The molecule has 0 radical (unpaired) electrons. The third-order valence-corrected chi connectivity index (χ3v) is 3.78. The summed E-state index contributed by atoms with van der Waals surface area (Å²) < 4.78 is 6.67. The molecule has 4 heteroatoms. The summed E-state index contributed by atoms with van der Waals surface area (Å²) in [6.45, 7) is 0. The molecule has 1 aromatic heterocycles. The van der Waals surface area contributed by atoms with E-state index >= 15 is 0 Å². The SMILES string of the molecule is CNC(Cc1cncc(Br)c1)C(OC)C1CC1. The van der Waals surface area contributed by atoms with Crippen molar-refractivity contribution in [3.63, 3.8) is 0 Å². The first-order chi connectivity index (χ1) is 8.24. The highest BCUT2D eigenvalue weighted by Crippen LogP contribution is 2.36. The summed E-state index contributed by atoms with van der Waals surface area (Å²) in [4.78, 5) is 4.20. The lowest BCUT2D eigenvalue weighted by atomic mass is 9.99. The zero-order chi connectivity index (χ0) is 12.3. The number of nitrogens with one attached hydrogen (secondary N) is 1. The number of hydrogen-bond donors (Lipinski definition) is 1. The average Bonchev–Trinajstić information content (AvgIpc) is 3.13. The van der Waals surface area contributed by atoms with Crippen LogP contribution in [-0.4, -0.2) is 31.3 Å². The van der Waals surface area contributed by atoms with E-state index in [2.05, 4.69) is 32.3 Å². The highest BCUT2D eigenvalue weighted by Gasteiger charge is 2.36. The van der Waals surface area contributed by atoms with Crippen molar-refractivity contribution in [3.05, 3.63) is 28.5 Å². The van der Waals surface area contributed by atoms with E-state index in [-0.39, 0.29) is 0 Å². The maximum atomic E-state index is 5.64. The van der Waals surface area contributed by atoms with Gasteiger partial charge in [0.05, 0.1) is 6.10 Å². The van der Waals surface area contributed by atoms with Crippen LogP contribution in [0.4, 0.5) is 0 Å². The van der Waals surface area contributed by atoms with Gasteiger partial charge in [-0.05, 0) is 59.8 Å². The summed E-state index contributed by atoms with van der Waals surface area (Å²) >= 11 is 3.46. The topological polar surface area (TPSA) is 34.2 Å². The highest BCUT2D eigenvalue weighted by molar-refractivity contribution is 9.10. The van der Waals surface area contributed by atoms with Crippen LogP contribution >= 0.6 is 15.9 Å². The molecule has 2 atom stereocenters.